The van der Waals surface area contributed by atoms with Crippen molar-refractivity contribution in [1.29, 1.82) is 0 Å². The second-order valence-corrected chi connectivity index (χ2v) is 7.15. The monoisotopic (exact) mass is 369 g/mol. The van der Waals surface area contributed by atoms with E-state index in [2.05, 4.69) is 21.6 Å². The summed E-state index contributed by atoms with van der Waals surface area (Å²) in [7, 11) is 0. The van der Waals surface area contributed by atoms with Gasteiger partial charge in [0.15, 0.2) is 16.2 Å². The molecule has 3 aromatic rings. The minimum atomic E-state index is 0.381. The number of piperidine rings is 1. The van der Waals surface area contributed by atoms with Crippen molar-refractivity contribution in [3.05, 3.63) is 53.4 Å². The lowest BCUT2D eigenvalue weighted by Crippen LogP contribution is -2.35. The van der Waals surface area contributed by atoms with Gasteiger partial charge >= 0.3 is 0 Å². The Bertz CT molecular complexity index is 944. The third-order valence-electron chi connectivity index (χ3n) is 5.00. The number of aryl methyl sites for hydroxylation is 1. The van der Waals surface area contributed by atoms with Crippen LogP contribution in [0.1, 0.15) is 30.5 Å². The van der Waals surface area contributed by atoms with Gasteiger partial charge in [-0.05, 0) is 44.1 Å². The molecule has 1 aliphatic heterocycles. The van der Waals surface area contributed by atoms with E-state index >= 15 is 0 Å². The molecule has 0 N–H and O–H groups in total. The maximum atomic E-state index is 5.95. The van der Waals surface area contributed by atoms with Crippen LogP contribution in [0.25, 0.3) is 11.1 Å². The number of likely N-dealkylation sites (tertiary alicyclic amines) is 1. The molecule has 7 heteroatoms. The molecule has 0 radical (unpaired) electrons. The standard InChI is InChI=1S/C19H23N5OS/c1-3-10-23-14(2)21-24(19(23)26)13-22-11-8-15(9-12-22)18-20-16-6-4-5-7-17(16)25-18/h3-7,15H,1,8-13H2,2H3. The van der Waals surface area contributed by atoms with Gasteiger partial charge in [-0.3, -0.25) is 4.90 Å². The van der Waals surface area contributed by atoms with E-state index in [0.717, 1.165) is 60.2 Å². The van der Waals surface area contributed by atoms with E-state index in [0.29, 0.717) is 12.5 Å². The first-order chi connectivity index (χ1) is 12.7. The highest BCUT2D eigenvalue weighted by Crippen LogP contribution is 2.30. The Kier molecular flexibility index (Phi) is 4.74. The Morgan fingerprint density at radius 3 is 2.81 bits per heavy atom. The van der Waals surface area contributed by atoms with Gasteiger partial charge < -0.3 is 8.98 Å². The van der Waals surface area contributed by atoms with Crippen molar-refractivity contribution in [1.82, 2.24) is 24.2 Å². The Balaban J connectivity index is 1.41. The average Bonchev–Trinajstić information content (AvgIpc) is 3.19. The second-order valence-electron chi connectivity index (χ2n) is 6.78. The molecule has 0 unspecified atom stereocenters. The summed E-state index contributed by atoms with van der Waals surface area (Å²) in [4.78, 5) is 7.05. The summed E-state index contributed by atoms with van der Waals surface area (Å²) in [5.41, 5.74) is 1.82. The van der Waals surface area contributed by atoms with E-state index in [1.54, 1.807) is 0 Å². The van der Waals surface area contributed by atoms with Crippen LogP contribution < -0.4 is 0 Å². The molecule has 0 spiro atoms. The van der Waals surface area contributed by atoms with Gasteiger partial charge in [0.05, 0.1) is 6.67 Å². The highest BCUT2D eigenvalue weighted by atomic mass is 32.1. The van der Waals surface area contributed by atoms with Crippen LogP contribution in [0.5, 0.6) is 0 Å². The molecule has 1 saturated heterocycles. The first kappa shape index (κ1) is 17.2. The summed E-state index contributed by atoms with van der Waals surface area (Å²) >= 11 is 5.55. The fourth-order valence-corrected chi connectivity index (χ4v) is 3.86. The first-order valence-corrected chi connectivity index (χ1v) is 9.39. The quantitative estimate of drug-likeness (QED) is 0.504. The zero-order valence-corrected chi connectivity index (χ0v) is 15.8. The predicted molar refractivity (Wildman–Crippen MR) is 104 cm³/mol. The van der Waals surface area contributed by atoms with Crippen LogP contribution in [0.4, 0.5) is 0 Å². The van der Waals surface area contributed by atoms with Crippen molar-refractivity contribution < 1.29 is 4.42 Å². The molecule has 1 fully saturated rings. The third kappa shape index (κ3) is 3.24. The molecule has 2 aromatic heterocycles. The van der Waals surface area contributed by atoms with Crippen LogP contribution in [-0.4, -0.2) is 37.3 Å². The normalized spacial score (nSPS) is 16.3. The molecule has 3 heterocycles. The summed E-state index contributed by atoms with van der Waals surface area (Å²) in [5.74, 6) is 2.18. The molecular weight excluding hydrogens is 346 g/mol. The van der Waals surface area contributed by atoms with Crippen molar-refractivity contribution in [2.75, 3.05) is 13.1 Å². The van der Waals surface area contributed by atoms with Gasteiger partial charge in [0.2, 0.25) is 0 Å². The van der Waals surface area contributed by atoms with Crippen molar-refractivity contribution in [3.63, 3.8) is 0 Å². The molecule has 0 bridgehead atoms. The second kappa shape index (κ2) is 7.17. The fraction of sp³-hybridized carbons (Fsp3) is 0.421. The molecule has 0 saturated carbocycles. The molecule has 6 nitrogen and oxygen atoms in total. The van der Waals surface area contributed by atoms with Crippen molar-refractivity contribution in [3.8, 4) is 0 Å². The number of hydrogen-bond donors (Lipinski definition) is 0. The van der Waals surface area contributed by atoms with E-state index in [9.17, 15) is 0 Å². The van der Waals surface area contributed by atoms with Crippen molar-refractivity contribution in [2.45, 2.75) is 38.9 Å². The zero-order chi connectivity index (χ0) is 18.1. The first-order valence-electron chi connectivity index (χ1n) is 8.98. The topological polar surface area (TPSA) is 52.0 Å². The lowest BCUT2D eigenvalue weighted by molar-refractivity contribution is 0.153. The number of fused-ring (bicyclic) bond motifs is 1. The lowest BCUT2D eigenvalue weighted by atomic mass is 9.97. The fourth-order valence-electron chi connectivity index (χ4n) is 3.56. The van der Waals surface area contributed by atoms with Gasteiger partial charge in [0.1, 0.15) is 11.3 Å². The molecule has 1 aromatic carbocycles. The molecule has 4 rings (SSSR count). The van der Waals surface area contributed by atoms with E-state index in [1.807, 2.05) is 46.5 Å². The molecular formula is C19H23N5OS. The largest absolute Gasteiger partial charge is 0.440 e. The number of benzene rings is 1. The number of para-hydroxylation sites is 2. The number of hydrogen-bond acceptors (Lipinski definition) is 5. The van der Waals surface area contributed by atoms with E-state index in [4.69, 9.17) is 16.6 Å². The predicted octanol–water partition coefficient (Wildman–Crippen LogP) is 3.89. The minimum Gasteiger partial charge on any atom is -0.440 e. The van der Waals surface area contributed by atoms with E-state index in [-0.39, 0.29) is 0 Å². The van der Waals surface area contributed by atoms with Crippen LogP contribution in [0.3, 0.4) is 0 Å². The van der Waals surface area contributed by atoms with Crippen LogP contribution >= 0.6 is 12.2 Å². The molecule has 136 valence electrons. The number of nitrogens with zero attached hydrogens (tertiary/aromatic N) is 5. The number of rotatable bonds is 5. The van der Waals surface area contributed by atoms with Gasteiger partial charge in [-0.25, -0.2) is 9.67 Å². The van der Waals surface area contributed by atoms with Gasteiger partial charge in [-0.1, -0.05) is 18.2 Å². The maximum Gasteiger partial charge on any atom is 0.199 e. The number of aromatic nitrogens is 4. The Morgan fingerprint density at radius 1 is 1.31 bits per heavy atom. The molecule has 1 aliphatic rings. The summed E-state index contributed by atoms with van der Waals surface area (Å²) < 4.78 is 10.6. The Hall–Kier alpha value is -2.25. The highest BCUT2D eigenvalue weighted by Gasteiger charge is 2.25. The van der Waals surface area contributed by atoms with Crippen molar-refractivity contribution in [2.24, 2.45) is 0 Å². The molecule has 26 heavy (non-hydrogen) atoms. The summed E-state index contributed by atoms with van der Waals surface area (Å²) in [6.45, 7) is 9.16. The van der Waals surface area contributed by atoms with Crippen LogP contribution in [0, 0.1) is 11.7 Å². The van der Waals surface area contributed by atoms with Crippen LogP contribution in [-0.2, 0) is 13.2 Å². The molecule has 0 aliphatic carbocycles. The summed E-state index contributed by atoms with van der Waals surface area (Å²) in [5, 5.41) is 4.58. The SMILES string of the molecule is C=CCn1c(C)nn(CN2CCC(c3nc4ccccc4o3)CC2)c1=S. The van der Waals surface area contributed by atoms with Gasteiger partial charge in [0.25, 0.3) is 0 Å². The number of oxazole rings is 1. The lowest BCUT2D eigenvalue weighted by Gasteiger charge is -2.30. The zero-order valence-electron chi connectivity index (χ0n) is 15.0. The number of allylic oxidation sites excluding steroid dienone is 1. The maximum absolute atomic E-state index is 5.95. The van der Waals surface area contributed by atoms with Gasteiger partial charge in [-0.15, -0.1) is 6.58 Å². The van der Waals surface area contributed by atoms with Gasteiger partial charge in [0, 0.05) is 25.6 Å². The molecule has 0 amide bonds. The third-order valence-corrected chi connectivity index (χ3v) is 5.43. The molecule has 0 atom stereocenters. The van der Waals surface area contributed by atoms with E-state index < -0.39 is 0 Å². The summed E-state index contributed by atoms with van der Waals surface area (Å²) in [6, 6.07) is 7.96. The van der Waals surface area contributed by atoms with Gasteiger partial charge in [-0.2, -0.15) is 5.10 Å². The van der Waals surface area contributed by atoms with Crippen LogP contribution in [0.2, 0.25) is 0 Å². The van der Waals surface area contributed by atoms with Crippen LogP contribution in [0.15, 0.2) is 41.3 Å². The average molecular weight is 369 g/mol. The minimum absolute atomic E-state index is 0.381. The summed E-state index contributed by atoms with van der Waals surface area (Å²) in [6.07, 6.45) is 3.92. The smallest absolute Gasteiger partial charge is 0.199 e. The Labute approximate surface area is 157 Å². The van der Waals surface area contributed by atoms with Crippen molar-refractivity contribution >= 4 is 23.3 Å². The highest BCUT2D eigenvalue weighted by molar-refractivity contribution is 7.71. The Morgan fingerprint density at radius 2 is 2.08 bits per heavy atom. The van der Waals surface area contributed by atoms with E-state index in [1.165, 1.54) is 0 Å².